The third-order valence-electron chi connectivity index (χ3n) is 5.16. The van der Waals surface area contributed by atoms with E-state index in [1.807, 2.05) is 0 Å². The summed E-state index contributed by atoms with van der Waals surface area (Å²) in [6.45, 7) is 3.66. The number of para-hydroxylation sites is 1. The minimum absolute atomic E-state index is 0.116. The molecule has 7 nitrogen and oxygen atoms in total. The van der Waals surface area contributed by atoms with Gasteiger partial charge in [0.25, 0.3) is 11.8 Å². The van der Waals surface area contributed by atoms with Crippen LogP contribution < -0.4 is 15.4 Å². The van der Waals surface area contributed by atoms with E-state index >= 15 is 0 Å². The van der Waals surface area contributed by atoms with E-state index in [4.69, 9.17) is 9.47 Å². The number of nitrogens with one attached hydrogen (secondary N) is 2. The van der Waals surface area contributed by atoms with Crippen molar-refractivity contribution in [3.63, 3.8) is 0 Å². The molecule has 27 heavy (non-hydrogen) atoms. The molecule has 1 aliphatic rings. The average Bonchev–Trinajstić information content (AvgIpc) is 2.68. The van der Waals surface area contributed by atoms with Crippen LogP contribution in [-0.2, 0) is 14.3 Å². The van der Waals surface area contributed by atoms with Gasteiger partial charge in [-0.15, -0.1) is 0 Å². The Hall–Kier alpha value is -2.57. The van der Waals surface area contributed by atoms with Crippen molar-refractivity contribution in [3.05, 3.63) is 29.8 Å². The van der Waals surface area contributed by atoms with Gasteiger partial charge in [-0.25, -0.2) is 0 Å². The van der Waals surface area contributed by atoms with Gasteiger partial charge in [0.15, 0.2) is 6.61 Å². The smallest absolute Gasteiger partial charge is 0.325 e. The first-order chi connectivity index (χ1) is 12.9. The van der Waals surface area contributed by atoms with Crippen molar-refractivity contribution < 1.29 is 23.9 Å². The van der Waals surface area contributed by atoms with Crippen LogP contribution in [0.5, 0.6) is 5.75 Å². The molecular formula is C20H28N2O5. The van der Waals surface area contributed by atoms with E-state index in [2.05, 4.69) is 24.5 Å². The highest BCUT2D eigenvalue weighted by atomic mass is 16.5. The van der Waals surface area contributed by atoms with Gasteiger partial charge in [-0.1, -0.05) is 38.8 Å². The van der Waals surface area contributed by atoms with E-state index in [0.29, 0.717) is 23.1 Å². The lowest BCUT2D eigenvalue weighted by Crippen LogP contribution is -2.45. The van der Waals surface area contributed by atoms with Gasteiger partial charge in [-0.2, -0.15) is 0 Å². The molecule has 3 atom stereocenters. The normalized spacial score (nSPS) is 21.8. The highest BCUT2D eigenvalue weighted by molar-refractivity contribution is 5.98. The van der Waals surface area contributed by atoms with Crippen LogP contribution in [0.2, 0.25) is 0 Å². The number of esters is 1. The highest BCUT2D eigenvalue weighted by Gasteiger charge is 2.28. The lowest BCUT2D eigenvalue weighted by Gasteiger charge is -2.34. The van der Waals surface area contributed by atoms with Crippen molar-refractivity contribution in [2.75, 3.05) is 20.3 Å². The predicted octanol–water partition coefficient (Wildman–Crippen LogP) is 1.91. The van der Waals surface area contributed by atoms with Crippen LogP contribution in [0.3, 0.4) is 0 Å². The molecule has 0 radical (unpaired) electrons. The van der Waals surface area contributed by atoms with Gasteiger partial charge in [0.2, 0.25) is 0 Å². The molecule has 2 rings (SSSR count). The summed E-state index contributed by atoms with van der Waals surface area (Å²) >= 11 is 0. The zero-order chi connectivity index (χ0) is 19.8. The third kappa shape index (κ3) is 5.98. The molecule has 0 unspecified atom stereocenters. The van der Waals surface area contributed by atoms with Crippen molar-refractivity contribution in [3.8, 4) is 5.75 Å². The maximum absolute atomic E-state index is 12.1. The average molecular weight is 376 g/mol. The topological polar surface area (TPSA) is 93.7 Å². The zero-order valence-corrected chi connectivity index (χ0v) is 16.1. The Morgan fingerprint density at radius 2 is 1.89 bits per heavy atom. The van der Waals surface area contributed by atoms with Crippen LogP contribution in [0, 0.1) is 11.8 Å². The minimum atomic E-state index is -0.668. The van der Waals surface area contributed by atoms with Crippen molar-refractivity contribution >= 4 is 17.8 Å². The molecule has 1 aliphatic carbocycles. The fourth-order valence-corrected chi connectivity index (χ4v) is 3.31. The molecule has 0 aromatic heterocycles. The van der Waals surface area contributed by atoms with Crippen molar-refractivity contribution in [1.29, 1.82) is 0 Å². The largest absolute Gasteiger partial charge is 0.496 e. The maximum atomic E-state index is 12.1. The van der Waals surface area contributed by atoms with Crippen LogP contribution in [0.1, 0.15) is 43.5 Å². The molecule has 0 bridgehead atoms. The Labute approximate surface area is 159 Å². The molecule has 0 spiro atoms. The second-order valence-electron chi connectivity index (χ2n) is 6.98. The van der Waals surface area contributed by atoms with Gasteiger partial charge >= 0.3 is 5.97 Å². The fourth-order valence-electron chi connectivity index (χ4n) is 3.31. The second kappa shape index (κ2) is 9.94. The maximum Gasteiger partial charge on any atom is 0.325 e. The number of carbonyl (C=O) groups excluding carboxylic acids is 3. The monoisotopic (exact) mass is 376 g/mol. The second-order valence-corrected chi connectivity index (χ2v) is 6.98. The Balaban J connectivity index is 1.72. The van der Waals surface area contributed by atoms with Gasteiger partial charge in [0.1, 0.15) is 12.3 Å². The van der Waals surface area contributed by atoms with E-state index in [9.17, 15) is 14.4 Å². The summed E-state index contributed by atoms with van der Waals surface area (Å²) in [4.78, 5) is 35.9. The Morgan fingerprint density at radius 1 is 1.15 bits per heavy atom. The van der Waals surface area contributed by atoms with Gasteiger partial charge in [0.05, 0.1) is 12.7 Å². The number of carbonyl (C=O) groups is 3. The molecule has 2 amide bonds. The summed E-state index contributed by atoms with van der Waals surface area (Å²) in [7, 11) is 1.47. The molecule has 1 aromatic carbocycles. The van der Waals surface area contributed by atoms with Gasteiger partial charge in [-0.05, 0) is 30.4 Å². The molecule has 1 fully saturated rings. The summed E-state index contributed by atoms with van der Waals surface area (Å²) in [6.07, 6.45) is 3.21. The highest BCUT2D eigenvalue weighted by Crippen LogP contribution is 2.29. The number of ether oxygens (including phenoxy) is 2. The van der Waals surface area contributed by atoms with E-state index in [0.717, 1.165) is 12.8 Å². The molecule has 1 aromatic rings. The molecule has 7 heteroatoms. The molecule has 0 saturated heterocycles. The van der Waals surface area contributed by atoms with Crippen LogP contribution in [0.4, 0.5) is 0 Å². The first-order valence-electron chi connectivity index (χ1n) is 9.28. The van der Waals surface area contributed by atoms with E-state index in [-0.39, 0.29) is 25.1 Å². The summed E-state index contributed by atoms with van der Waals surface area (Å²) in [6, 6.07) is 6.82. The van der Waals surface area contributed by atoms with E-state index in [1.54, 1.807) is 24.3 Å². The summed E-state index contributed by atoms with van der Waals surface area (Å²) in [5.41, 5.74) is 0.325. The van der Waals surface area contributed by atoms with Crippen LogP contribution >= 0.6 is 0 Å². The SMILES string of the molecule is COc1ccccc1C(=O)NCC(=O)OCC(=O)N[C@@H]1CCC[C@H](C)[C@H]1C. The predicted molar refractivity (Wildman–Crippen MR) is 100 cm³/mol. The fraction of sp³-hybridized carbons (Fsp3) is 0.550. The quantitative estimate of drug-likeness (QED) is 0.709. The lowest BCUT2D eigenvalue weighted by atomic mass is 9.78. The van der Waals surface area contributed by atoms with Crippen molar-refractivity contribution in [2.45, 2.75) is 39.2 Å². The Morgan fingerprint density at radius 3 is 2.63 bits per heavy atom. The summed E-state index contributed by atoms with van der Waals surface area (Å²) in [5, 5.41) is 5.41. The number of hydrogen-bond donors (Lipinski definition) is 2. The minimum Gasteiger partial charge on any atom is -0.496 e. The number of hydrogen-bond acceptors (Lipinski definition) is 5. The van der Waals surface area contributed by atoms with Gasteiger partial charge in [-0.3, -0.25) is 14.4 Å². The molecule has 148 valence electrons. The van der Waals surface area contributed by atoms with Crippen LogP contribution in [0.25, 0.3) is 0 Å². The molecular weight excluding hydrogens is 348 g/mol. The van der Waals surface area contributed by atoms with Gasteiger partial charge < -0.3 is 20.1 Å². The number of methoxy groups -OCH3 is 1. The Kier molecular flexibility index (Phi) is 7.64. The summed E-state index contributed by atoms with van der Waals surface area (Å²) in [5.74, 6) is -0.0448. The first kappa shape index (κ1) is 20.7. The summed E-state index contributed by atoms with van der Waals surface area (Å²) < 4.78 is 10.1. The molecule has 2 N–H and O–H groups in total. The molecule has 1 saturated carbocycles. The first-order valence-corrected chi connectivity index (χ1v) is 9.28. The van der Waals surface area contributed by atoms with Crippen molar-refractivity contribution in [1.82, 2.24) is 10.6 Å². The number of rotatable bonds is 7. The van der Waals surface area contributed by atoms with E-state index in [1.165, 1.54) is 13.5 Å². The number of benzene rings is 1. The third-order valence-corrected chi connectivity index (χ3v) is 5.16. The van der Waals surface area contributed by atoms with E-state index < -0.39 is 11.9 Å². The lowest BCUT2D eigenvalue weighted by molar-refractivity contribution is -0.147. The van der Waals surface area contributed by atoms with Crippen LogP contribution in [-0.4, -0.2) is 44.1 Å². The molecule has 0 aliphatic heterocycles. The van der Waals surface area contributed by atoms with Crippen LogP contribution in [0.15, 0.2) is 24.3 Å². The standard InChI is InChI=1S/C20H28N2O5/c1-13-7-6-9-16(14(13)2)22-18(23)12-27-19(24)11-21-20(25)15-8-4-5-10-17(15)26-3/h4-5,8,10,13-14,16H,6-7,9,11-12H2,1-3H3,(H,21,25)(H,22,23)/t13-,14+,16+/m0/s1. The number of amides is 2. The van der Waals surface area contributed by atoms with Crippen molar-refractivity contribution in [2.24, 2.45) is 11.8 Å². The van der Waals surface area contributed by atoms with Gasteiger partial charge in [0, 0.05) is 6.04 Å². The Bertz CT molecular complexity index is 676. The zero-order valence-electron chi connectivity index (χ0n) is 16.1. The molecule has 0 heterocycles.